The number of fused-ring (bicyclic) bond motifs is 1. The van der Waals surface area contributed by atoms with Crippen LogP contribution in [0.15, 0.2) is 61.1 Å². The lowest BCUT2D eigenvalue weighted by molar-refractivity contribution is -0.0498. The summed E-state index contributed by atoms with van der Waals surface area (Å²) in [6.07, 6.45) is 5.86. The molecule has 1 aliphatic heterocycles. The minimum atomic E-state index is -2.87. The Bertz CT molecular complexity index is 1420. The quantitative estimate of drug-likeness (QED) is 0.283. The third-order valence-corrected chi connectivity index (χ3v) is 6.72. The number of carbonyl (C=O) groups excluding carboxylic acids is 1. The predicted molar refractivity (Wildman–Crippen MR) is 146 cm³/mol. The van der Waals surface area contributed by atoms with Crippen LogP contribution in [0, 0.1) is 0 Å². The van der Waals surface area contributed by atoms with Gasteiger partial charge in [-0.1, -0.05) is 6.92 Å². The van der Waals surface area contributed by atoms with Gasteiger partial charge in [0.15, 0.2) is 11.5 Å². The molecule has 0 radical (unpaired) electrons. The Kier molecular flexibility index (Phi) is 8.28. The van der Waals surface area contributed by atoms with E-state index in [-0.39, 0.29) is 11.7 Å². The van der Waals surface area contributed by atoms with Crippen molar-refractivity contribution in [3.8, 4) is 17.0 Å². The lowest BCUT2D eigenvalue weighted by Crippen LogP contribution is -2.46. The molecular weight excluding hydrogens is 504 g/mol. The van der Waals surface area contributed by atoms with Gasteiger partial charge in [0, 0.05) is 68.5 Å². The van der Waals surface area contributed by atoms with Crippen LogP contribution in [0.5, 0.6) is 5.75 Å². The fourth-order valence-electron chi connectivity index (χ4n) is 4.71. The Labute approximate surface area is 225 Å². The molecule has 5 rings (SSSR count). The van der Waals surface area contributed by atoms with Crippen molar-refractivity contribution in [1.82, 2.24) is 29.9 Å². The fourth-order valence-corrected chi connectivity index (χ4v) is 4.71. The Morgan fingerprint density at radius 3 is 2.67 bits per heavy atom. The minimum absolute atomic E-state index is 0.0726. The SMILES string of the molecule is CCc1cc(Nc2nccn3c(-c4ccc(OC(F)F)cc4)cnc23)ccc1C(=O)NCCN1CCNCC1. The van der Waals surface area contributed by atoms with Gasteiger partial charge < -0.3 is 20.7 Å². The number of rotatable bonds is 10. The zero-order chi connectivity index (χ0) is 27.2. The number of hydrogen-bond acceptors (Lipinski definition) is 7. The Morgan fingerprint density at radius 1 is 1.13 bits per heavy atom. The highest BCUT2D eigenvalue weighted by atomic mass is 19.3. The summed E-state index contributed by atoms with van der Waals surface area (Å²) in [6.45, 7) is 4.56. The highest BCUT2D eigenvalue weighted by Crippen LogP contribution is 2.28. The topological polar surface area (TPSA) is 95.8 Å². The zero-order valence-corrected chi connectivity index (χ0v) is 21.7. The van der Waals surface area contributed by atoms with Crippen molar-refractivity contribution in [2.75, 3.05) is 44.6 Å². The summed E-state index contributed by atoms with van der Waals surface area (Å²) < 4.78 is 31.3. The Balaban J connectivity index is 1.29. The van der Waals surface area contributed by atoms with E-state index in [1.165, 1.54) is 12.1 Å². The Hall–Kier alpha value is -4.09. The van der Waals surface area contributed by atoms with E-state index in [1.807, 2.05) is 29.5 Å². The maximum atomic E-state index is 12.9. The molecule has 1 saturated heterocycles. The molecule has 3 heterocycles. The molecular formula is C28H31F2N7O2. The maximum Gasteiger partial charge on any atom is 0.387 e. The van der Waals surface area contributed by atoms with Crippen LogP contribution in [0.25, 0.3) is 16.9 Å². The van der Waals surface area contributed by atoms with Crippen LogP contribution in [-0.2, 0) is 6.42 Å². The molecule has 4 aromatic rings. The number of alkyl halides is 2. The van der Waals surface area contributed by atoms with Gasteiger partial charge in [-0.15, -0.1) is 0 Å². The normalized spacial score (nSPS) is 14.1. The largest absolute Gasteiger partial charge is 0.435 e. The van der Waals surface area contributed by atoms with Crippen molar-refractivity contribution >= 4 is 23.1 Å². The summed E-state index contributed by atoms with van der Waals surface area (Å²) in [4.78, 5) is 24.2. The van der Waals surface area contributed by atoms with Gasteiger partial charge in [0.05, 0.1) is 11.9 Å². The van der Waals surface area contributed by atoms with E-state index in [1.54, 1.807) is 30.7 Å². The number of ether oxygens (including phenoxy) is 1. The number of anilines is 2. The summed E-state index contributed by atoms with van der Waals surface area (Å²) in [5, 5.41) is 9.71. The molecule has 39 heavy (non-hydrogen) atoms. The first-order chi connectivity index (χ1) is 19.0. The number of benzene rings is 2. The van der Waals surface area contributed by atoms with Crippen LogP contribution >= 0.6 is 0 Å². The van der Waals surface area contributed by atoms with Crippen molar-refractivity contribution in [2.24, 2.45) is 0 Å². The molecule has 1 amide bonds. The van der Waals surface area contributed by atoms with E-state index in [0.717, 1.165) is 55.2 Å². The van der Waals surface area contributed by atoms with Crippen LogP contribution in [0.4, 0.5) is 20.3 Å². The monoisotopic (exact) mass is 535 g/mol. The molecule has 2 aromatic heterocycles. The summed E-state index contributed by atoms with van der Waals surface area (Å²) in [5.41, 5.74) is 4.57. The minimum Gasteiger partial charge on any atom is -0.435 e. The Morgan fingerprint density at radius 2 is 1.92 bits per heavy atom. The molecule has 11 heteroatoms. The molecule has 0 bridgehead atoms. The lowest BCUT2D eigenvalue weighted by atomic mass is 10.0. The van der Waals surface area contributed by atoms with Crippen molar-refractivity contribution in [1.29, 1.82) is 0 Å². The lowest BCUT2D eigenvalue weighted by Gasteiger charge is -2.27. The third-order valence-electron chi connectivity index (χ3n) is 6.72. The van der Waals surface area contributed by atoms with E-state index in [0.29, 0.717) is 30.0 Å². The molecule has 1 aliphatic rings. The highest BCUT2D eigenvalue weighted by molar-refractivity contribution is 5.96. The van der Waals surface area contributed by atoms with Gasteiger partial charge in [-0.05, 0) is 54.4 Å². The first kappa shape index (κ1) is 26.5. The number of amides is 1. The first-order valence-corrected chi connectivity index (χ1v) is 13.0. The van der Waals surface area contributed by atoms with E-state index in [4.69, 9.17) is 0 Å². The fraction of sp³-hybridized carbons (Fsp3) is 0.321. The predicted octanol–water partition coefficient (Wildman–Crippen LogP) is 3.94. The van der Waals surface area contributed by atoms with Gasteiger partial charge in [0.1, 0.15) is 5.75 Å². The number of nitrogens with one attached hydrogen (secondary N) is 3. The smallest absolute Gasteiger partial charge is 0.387 e. The molecule has 0 saturated carbocycles. The van der Waals surface area contributed by atoms with Gasteiger partial charge in [-0.25, -0.2) is 9.97 Å². The molecule has 9 nitrogen and oxygen atoms in total. The maximum absolute atomic E-state index is 12.9. The van der Waals surface area contributed by atoms with Gasteiger partial charge in [-0.3, -0.25) is 14.1 Å². The summed E-state index contributed by atoms with van der Waals surface area (Å²) in [6, 6.07) is 12.1. The third kappa shape index (κ3) is 6.32. The number of carbonyl (C=O) groups is 1. The number of aryl methyl sites for hydroxylation is 1. The van der Waals surface area contributed by atoms with Gasteiger partial charge in [0.25, 0.3) is 5.91 Å². The first-order valence-electron chi connectivity index (χ1n) is 13.0. The average molecular weight is 536 g/mol. The average Bonchev–Trinajstić information content (AvgIpc) is 3.39. The van der Waals surface area contributed by atoms with Crippen LogP contribution in [0.3, 0.4) is 0 Å². The van der Waals surface area contributed by atoms with Gasteiger partial charge in [0.2, 0.25) is 0 Å². The second kappa shape index (κ2) is 12.2. The molecule has 0 spiro atoms. The number of halogens is 2. The summed E-state index contributed by atoms with van der Waals surface area (Å²) in [5.74, 6) is 0.573. The number of hydrogen-bond donors (Lipinski definition) is 3. The molecule has 3 N–H and O–H groups in total. The molecule has 0 atom stereocenters. The van der Waals surface area contributed by atoms with E-state index in [2.05, 4.69) is 35.6 Å². The molecule has 2 aromatic carbocycles. The summed E-state index contributed by atoms with van der Waals surface area (Å²) in [7, 11) is 0. The van der Waals surface area contributed by atoms with Crippen LogP contribution in [-0.4, -0.2) is 71.1 Å². The van der Waals surface area contributed by atoms with Gasteiger partial charge in [-0.2, -0.15) is 8.78 Å². The van der Waals surface area contributed by atoms with Crippen molar-refractivity contribution < 1.29 is 18.3 Å². The summed E-state index contributed by atoms with van der Waals surface area (Å²) >= 11 is 0. The van der Waals surface area contributed by atoms with Crippen molar-refractivity contribution in [2.45, 2.75) is 20.0 Å². The van der Waals surface area contributed by atoms with E-state index >= 15 is 0 Å². The van der Waals surface area contributed by atoms with E-state index < -0.39 is 6.61 Å². The highest BCUT2D eigenvalue weighted by Gasteiger charge is 2.15. The molecule has 204 valence electrons. The zero-order valence-electron chi connectivity index (χ0n) is 21.7. The van der Waals surface area contributed by atoms with Crippen LogP contribution in [0.1, 0.15) is 22.8 Å². The standard InChI is InChI=1S/C28H31F2N7O2/c1-2-19-17-21(5-8-23(19)27(38)33-11-15-36-13-9-31-10-14-36)35-25-26-34-18-24(37(26)16-12-32-25)20-3-6-22(7-4-20)39-28(29)30/h3-8,12,16-18,28,31H,2,9-11,13-15H2,1H3,(H,32,35)(H,33,38). The number of nitrogens with zero attached hydrogens (tertiary/aromatic N) is 4. The second-order valence-corrected chi connectivity index (χ2v) is 9.21. The number of aromatic nitrogens is 3. The molecule has 1 fully saturated rings. The number of piperazine rings is 1. The molecule has 0 unspecified atom stereocenters. The van der Waals surface area contributed by atoms with Crippen molar-refractivity contribution in [3.63, 3.8) is 0 Å². The van der Waals surface area contributed by atoms with Gasteiger partial charge >= 0.3 is 6.61 Å². The van der Waals surface area contributed by atoms with Crippen LogP contribution in [0.2, 0.25) is 0 Å². The van der Waals surface area contributed by atoms with E-state index in [9.17, 15) is 13.6 Å². The van der Waals surface area contributed by atoms with Crippen LogP contribution < -0.4 is 20.7 Å². The molecule has 0 aliphatic carbocycles. The van der Waals surface area contributed by atoms with Crippen molar-refractivity contribution in [3.05, 3.63) is 72.2 Å². The number of imidazole rings is 1. The second-order valence-electron chi connectivity index (χ2n) is 9.21.